The molecule has 0 aliphatic rings. The third-order valence-electron chi connectivity index (χ3n) is 6.25. The predicted octanol–water partition coefficient (Wildman–Crippen LogP) is 5.05. The Morgan fingerprint density at radius 1 is 0.919 bits per heavy atom. The van der Waals surface area contributed by atoms with Crippen LogP contribution in [0.15, 0.2) is 84.0 Å². The minimum absolute atomic E-state index is 0.0968. The normalized spacial score (nSPS) is 11.2. The molecule has 0 spiro atoms. The van der Waals surface area contributed by atoms with Gasteiger partial charge in [-0.2, -0.15) is 0 Å². The second-order valence-electron chi connectivity index (χ2n) is 8.92. The number of pyridine rings is 1. The van der Waals surface area contributed by atoms with E-state index < -0.39 is 11.6 Å². The average Bonchev–Trinajstić information content (AvgIpc) is 3.31. The van der Waals surface area contributed by atoms with Gasteiger partial charge in [0.1, 0.15) is 17.3 Å². The molecule has 0 aliphatic heterocycles. The topological polar surface area (TPSA) is 80.6 Å². The van der Waals surface area contributed by atoms with Crippen LogP contribution in [0.2, 0.25) is 0 Å². The van der Waals surface area contributed by atoms with Crippen LogP contribution in [-0.2, 0) is 30.6 Å². The lowest BCUT2D eigenvalue weighted by atomic mass is 10.1. The number of hydrogen-bond donors (Lipinski definition) is 1. The summed E-state index contributed by atoms with van der Waals surface area (Å²) in [6.45, 7) is -0.102. The van der Waals surface area contributed by atoms with E-state index in [-0.39, 0.29) is 42.8 Å². The zero-order valence-electron chi connectivity index (χ0n) is 20.0. The Morgan fingerprint density at radius 2 is 1.70 bits per heavy atom. The minimum Gasteiger partial charge on any atom is -0.358 e. The molecule has 0 aliphatic carbocycles. The van der Waals surface area contributed by atoms with E-state index in [9.17, 15) is 18.4 Å². The molecule has 3 heterocycles. The van der Waals surface area contributed by atoms with Crippen molar-refractivity contribution in [2.75, 3.05) is 0 Å². The molecule has 0 radical (unpaired) electrons. The molecule has 3 aromatic heterocycles. The van der Waals surface area contributed by atoms with Crippen LogP contribution in [0.3, 0.4) is 0 Å². The summed E-state index contributed by atoms with van der Waals surface area (Å²) >= 11 is 0. The minimum atomic E-state index is -0.670. The standard InChI is InChI=1S/C29H24F2N4O2/c30-22-12-19(13-23(31)15-22)6-9-27-29(37)35(28(17-33-27)20-4-2-1-3-5-20)18-25(36)8-7-24-14-21-16-32-11-10-26(21)34-24/h1-5,10-17,34H,6-9,18H2. The van der Waals surface area contributed by atoms with E-state index in [1.807, 2.05) is 42.5 Å². The molecule has 0 atom stereocenters. The van der Waals surface area contributed by atoms with Crippen LogP contribution < -0.4 is 5.56 Å². The van der Waals surface area contributed by atoms with Crippen LogP contribution in [0.1, 0.15) is 23.4 Å². The summed E-state index contributed by atoms with van der Waals surface area (Å²) in [5.41, 5.74) is 3.46. The summed E-state index contributed by atoms with van der Waals surface area (Å²) in [6.07, 6.45) is 6.24. The molecule has 6 nitrogen and oxygen atoms in total. The Labute approximate surface area is 211 Å². The molecule has 0 fully saturated rings. The van der Waals surface area contributed by atoms with Crippen molar-refractivity contribution >= 4 is 16.7 Å². The van der Waals surface area contributed by atoms with Gasteiger partial charge in [-0.1, -0.05) is 30.3 Å². The highest BCUT2D eigenvalue weighted by Gasteiger charge is 2.16. The highest BCUT2D eigenvalue weighted by Crippen LogP contribution is 2.19. The molecular weight excluding hydrogens is 474 g/mol. The fraction of sp³-hybridized carbons (Fsp3) is 0.172. The van der Waals surface area contributed by atoms with E-state index in [1.54, 1.807) is 18.6 Å². The summed E-state index contributed by atoms with van der Waals surface area (Å²) in [5, 5.41) is 0.976. The highest BCUT2D eigenvalue weighted by atomic mass is 19.1. The van der Waals surface area contributed by atoms with Gasteiger partial charge in [0.15, 0.2) is 5.78 Å². The van der Waals surface area contributed by atoms with Gasteiger partial charge in [-0.3, -0.25) is 24.1 Å². The fourth-order valence-electron chi connectivity index (χ4n) is 4.41. The Hall–Kier alpha value is -4.46. The first-order chi connectivity index (χ1) is 18.0. The SMILES string of the molecule is O=C(CCc1cc2cnccc2[nH]1)Cn1c(-c2ccccc2)cnc(CCc2cc(F)cc(F)c2)c1=O. The number of carbonyl (C=O) groups excluding carboxylic acids is 1. The maximum Gasteiger partial charge on any atom is 0.273 e. The van der Waals surface area contributed by atoms with E-state index in [2.05, 4.69) is 15.0 Å². The fourth-order valence-corrected chi connectivity index (χ4v) is 4.41. The number of aryl methyl sites for hydroxylation is 3. The maximum absolute atomic E-state index is 13.6. The number of ketones is 1. The second kappa shape index (κ2) is 10.7. The lowest BCUT2D eigenvalue weighted by molar-refractivity contribution is -0.119. The van der Waals surface area contributed by atoms with Crippen LogP contribution in [0.25, 0.3) is 22.2 Å². The van der Waals surface area contributed by atoms with Crippen molar-refractivity contribution in [3.63, 3.8) is 0 Å². The molecule has 0 unspecified atom stereocenters. The van der Waals surface area contributed by atoms with Gasteiger partial charge in [0.25, 0.3) is 5.56 Å². The molecule has 0 saturated heterocycles. The number of nitrogens with one attached hydrogen (secondary N) is 1. The van der Waals surface area contributed by atoms with Crippen LogP contribution in [0.4, 0.5) is 8.78 Å². The third kappa shape index (κ3) is 5.69. The van der Waals surface area contributed by atoms with Crippen molar-refractivity contribution in [3.8, 4) is 11.3 Å². The zero-order valence-corrected chi connectivity index (χ0v) is 20.0. The van der Waals surface area contributed by atoms with E-state index >= 15 is 0 Å². The van der Waals surface area contributed by atoms with E-state index in [0.29, 0.717) is 17.7 Å². The van der Waals surface area contributed by atoms with Crippen molar-refractivity contribution in [1.82, 2.24) is 19.5 Å². The number of benzene rings is 2. The number of hydrogen-bond acceptors (Lipinski definition) is 4. The number of fused-ring (bicyclic) bond motifs is 1. The van der Waals surface area contributed by atoms with Gasteiger partial charge in [0.2, 0.25) is 0 Å². The average molecular weight is 499 g/mol. The molecule has 2 aromatic carbocycles. The molecule has 0 bridgehead atoms. The summed E-state index contributed by atoms with van der Waals surface area (Å²) < 4.78 is 28.6. The van der Waals surface area contributed by atoms with Gasteiger partial charge in [0.05, 0.1) is 18.4 Å². The van der Waals surface area contributed by atoms with Crippen molar-refractivity contribution in [2.45, 2.75) is 32.2 Å². The maximum atomic E-state index is 13.6. The van der Waals surface area contributed by atoms with Gasteiger partial charge in [-0.05, 0) is 54.7 Å². The van der Waals surface area contributed by atoms with Gasteiger partial charge in [0, 0.05) is 41.5 Å². The number of aromatic nitrogens is 4. The monoisotopic (exact) mass is 498 g/mol. The molecule has 186 valence electrons. The number of H-pyrrole nitrogens is 1. The largest absolute Gasteiger partial charge is 0.358 e. The van der Waals surface area contributed by atoms with Crippen molar-refractivity contribution in [3.05, 3.63) is 118 Å². The number of rotatable bonds is 9. The quantitative estimate of drug-likeness (QED) is 0.308. The molecule has 0 saturated carbocycles. The first kappa shape index (κ1) is 24.2. The zero-order chi connectivity index (χ0) is 25.8. The third-order valence-corrected chi connectivity index (χ3v) is 6.25. The number of nitrogens with zero attached hydrogens (tertiary/aromatic N) is 3. The number of Topliss-reactive ketones (excluding diaryl/α,β-unsaturated/α-hetero) is 1. The molecule has 8 heteroatoms. The summed E-state index contributed by atoms with van der Waals surface area (Å²) in [6, 6.07) is 16.4. The number of aromatic amines is 1. The second-order valence-corrected chi connectivity index (χ2v) is 8.92. The lowest BCUT2D eigenvalue weighted by Crippen LogP contribution is -2.30. The lowest BCUT2D eigenvalue weighted by Gasteiger charge is -2.14. The van der Waals surface area contributed by atoms with Crippen molar-refractivity contribution in [2.24, 2.45) is 0 Å². The summed E-state index contributed by atoms with van der Waals surface area (Å²) in [5.74, 6) is -1.44. The number of carbonyl (C=O) groups is 1. The Morgan fingerprint density at radius 3 is 2.46 bits per heavy atom. The Balaban J connectivity index is 1.37. The van der Waals surface area contributed by atoms with Crippen LogP contribution >= 0.6 is 0 Å². The molecule has 0 amide bonds. The molecule has 1 N–H and O–H groups in total. The van der Waals surface area contributed by atoms with Gasteiger partial charge in [-0.15, -0.1) is 0 Å². The van der Waals surface area contributed by atoms with Gasteiger partial charge < -0.3 is 4.98 Å². The Kier molecular flexibility index (Phi) is 6.98. The molecular formula is C29H24F2N4O2. The first-order valence-corrected chi connectivity index (χ1v) is 12.0. The van der Waals surface area contributed by atoms with Crippen LogP contribution in [0.5, 0.6) is 0 Å². The van der Waals surface area contributed by atoms with Crippen LogP contribution in [0, 0.1) is 11.6 Å². The molecule has 5 rings (SSSR count). The van der Waals surface area contributed by atoms with Crippen molar-refractivity contribution in [1.29, 1.82) is 0 Å². The number of halogens is 2. The smallest absolute Gasteiger partial charge is 0.273 e. The highest BCUT2D eigenvalue weighted by molar-refractivity contribution is 5.81. The van der Waals surface area contributed by atoms with E-state index in [0.717, 1.165) is 28.2 Å². The summed E-state index contributed by atoms with van der Waals surface area (Å²) in [4.78, 5) is 38.2. The van der Waals surface area contributed by atoms with E-state index in [1.165, 1.54) is 16.7 Å². The van der Waals surface area contributed by atoms with Gasteiger partial charge >= 0.3 is 0 Å². The van der Waals surface area contributed by atoms with Crippen molar-refractivity contribution < 1.29 is 13.6 Å². The predicted molar refractivity (Wildman–Crippen MR) is 137 cm³/mol. The summed E-state index contributed by atoms with van der Waals surface area (Å²) in [7, 11) is 0. The van der Waals surface area contributed by atoms with Gasteiger partial charge in [-0.25, -0.2) is 8.78 Å². The van der Waals surface area contributed by atoms with E-state index in [4.69, 9.17) is 0 Å². The first-order valence-electron chi connectivity index (χ1n) is 12.0. The Bertz CT molecular complexity index is 1570. The van der Waals surface area contributed by atoms with Crippen LogP contribution in [-0.4, -0.2) is 25.3 Å². The molecule has 37 heavy (non-hydrogen) atoms. The molecule has 5 aromatic rings.